The number of benzene rings is 3. The monoisotopic (exact) mass is 478 g/mol. The molecule has 0 atom stereocenters. The summed E-state index contributed by atoms with van der Waals surface area (Å²) in [6.45, 7) is -1.38. The maximum atomic E-state index is 14.9. The summed E-state index contributed by atoms with van der Waals surface area (Å²) < 4.78 is 66.4. The van der Waals surface area contributed by atoms with E-state index in [2.05, 4.69) is 5.32 Å². The summed E-state index contributed by atoms with van der Waals surface area (Å²) in [6.07, 6.45) is -4.42. The summed E-state index contributed by atoms with van der Waals surface area (Å²) in [5.74, 6) is -0.679. The van der Waals surface area contributed by atoms with Crippen molar-refractivity contribution in [2.45, 2.75) is 6.18 Å². The van der Waals surface area contributed by atoms with Gasteiger partial charge in [-0.3, -0.25) is 0 Å². The number of carbonyl (C=O) groups is 1. The van der Waals surface area contributed by atoms with E-state index in [1.807, 2.05) is 0 Å². The lowest BCUT2D eigenvalue weighted by molar-refractivity contribution is -0.153. The quantitative estimate of drug-likeness (QED) is 0.313. The normalized spacial score (nSPS) is 11.0. The zero-order chi connectivity index (χ0) is 24.9. The molecule has 0 bridgehead atoms. The Morgan fingerprint density at radius 1 is 0.912 bits per heavy atom. The van der Waals surface area contributed by atoms with Gasteiger partial charge in [-0.15, -0.1) is 0 Å². The number of hydrogen-bond acceptors (Lipinski definition) is 6. The van der Waals surface area contributed by atoms with Crippen molar-refractivity contribution >= 4 is 28.7 Å². The van der Waals surface area contributed by atoms with Crippen molar-refractivity contribution in [2.24, 2.45) is 0 Å². The first kappa shape index (κ1) is 24.7. The highest BCUT2D eigenvalue weighted by Gasteiger charge is 2.28. The van der Waals surface area contributed by atoms with Gasteiger partial charge in [0.25, 0.3) is 0 Å². The molecule has 0 aliphatic rings. The van der Waals surface area contributed by atoms with E-state index in [0.717, 1.165) is 0 Å². The minimum Gasteiger partial charge on any atom is -0.497 e. The third-order valence-electron chi connectivity index (χ3n) is 4.87. The molecular weight excluding hydrogens is 456 g/mol. The average molecular weight is 478 g/mol. The van der Waals surface area contributed by atoms with Crippen LogP contribution in [0.2, 0.25) is 0 Å². The van der Waals surface area contributed by atoms with E-state index in [-0.39, 0.29) is 17.0 Å². The second-order valence-electron chi connectivity index (χ2n) is 7.15. The van der Waals surface area contributed by atoms with Gasteiger partial charge in [0.2, 0.25) is 0 Å². The summed E-state index contributed by atoms with van der Waals surface area (Å²) in [5, 5.41) is 2.89. The van der Waals surface area contributed by atoms with Crippen molar-refractivity contribution in [3.63, 3.8) is 0 Å². The number of nitrogens with zero attached hydrogens (tertiary/aromatic N) is 1. The van der Waals surface area contributed by atoms with Gasteiger partial charge < -0.3 is 24.4 Å². The fourth-order valence-corrected chi connectivity index (χ4v) is 3.08. The Morgan fingerprint density at radius 3 is 2.12 bits per heavy atom. The van der Waals surface area contributed by atoms with Crippen molar-refractivity contribution in [1.82, 2.24) is 0 Å². The van der Waals surface area contributed by atoms with Gasteiger partial charge in [-0.05, 0) is 60.7 Å². The number of anilines is 4. The number of halogens is 4. The smallest absolute Gasteiger partial charge is 0.422 e. The predicted octanol–water partition coefficient (Wildman–Crippen LogP) is 6.07. The highest BCUT2D eigenvalue weighted by molar-refractivity contribution is 5.97. The molecule has 10 heteroatoms. The molecular formula is C24H22F4N2O4. The van der Waals surface area contributed by atoms with E-state index < -0.39 is 24.6 Å². The molecule has 0 fully saturated rings. The zero-order valence-electron chi connectivity index (χ0n) is 18.6. The number of rotatable bonds is 8. The highest BCUT2D eigenvalue weighted by atomic mass is 19.4. The molecule has 1 N–H and O–H groups in total. The van der Waals surface area contributed by atoms with Crippen LogP contribution in [0.15, 0.2) is 60.7 Å². The molecule has 0 heterocycles. The number of esters is 1. The number of ether oxygens (including phenoxy) is 3. The van der Waals surface area contributed by atoms with Crippen LogP contribution in [-0.4, -0.2) is 40.0 Å². The second-order valence-corrected chi connectivity index (χ2v) is 7.15. The summed E-state index contributed by atoms with van der Waals surface area (Å²) in [7, 11) is 4.39. The number of carbonyl (C=O) groups excluding carboxylic acids is 1. The van der Waals surface area contributed by atoms with Gasteiger partial charge in [0, 0.05) is 18.4 Å². The number of hydrogen-bond donors (Lipinski definition) is 1. The van der Waals surface area contributed by atoms with Gasteiger partial charge in [0.05, 0.1) is 31.2 Å². The van der Waals surface area contributed by atoms with E-state index in [0.29, 0.717) is 22.8 Å². The molecule has 0 aliphatic heterocycles. The molecule has 3 aromatic rings. The van der Waals surface area contributed by atoms with E-state index in [4.69, 9.17) is 14.2 Å². The Balaban J connectivity index is 1.77. The van der Waals surface area contributed by atoms with Crippen LogP contribution >= 0.6 is 0 Å². The Hall–Kier alpha value is -3.95. The second kappa shape index (κ2) is 10.3. The minimum atomic E-state index is -4.42. The van der Waals surface area contributed by atoms with Crippen LogP contribution in [0.5, 0.6) is 11.5 Å². The lowest BCUT2D eigenvalue weighted by Crippen LogP contribution is -2.19. The van der Waals surface area contributed by atoms with E-state index in [1.54, 1.807) is 42.3 Å². The maximum Gasteiger partial charge on any atom is 0.422 e. The van der Waals surface area contributed by atoms with Gasteiger partial charge in [0.1, 0.15) is 17.3 Å². The van der Waals surface area contributed by atoms with Crippen LogP contribution in [-0.2, 0) is 4.74 Å². The van der Waals surface area contributed by atoms with Crippen LogP contribution < -0.4 is 19.7 Å². The molecule has 0 saturated carbocycles. The molecule has 3 aromatic carbocycles. The molecule has 34 heavy (non-hydrogen) atoms. The molecule has 0 aliphatic carbocycles. The summed E-state index contributed by atoms with van der Waals surface area (Å²) in [6, 6.07) is 15.1. The van der Waals surface area contributed by atoms with Gasteiger partial charge >= 0.3 is 12.1 Å². The predicted molar refractivity (Wildman–Crippen MR) is 120 cm³/mol. The molecule has 6 nitrogen and oxygen atoms in total. The first-order chi connectivity index (χ1) is 16.1. The summed E-state index contributed by atoms with van der Waals surface area (Å²) in [5.41, 5.74) is 1.75. The number of methoxy groups -OCH3 is 2. The van der Waals surface area contributed by atoms with Crippen molar-refractivity contribution in [1.29, 1.82) is 0 Å². The Kier molecular flexibility index (Phi) is 7.50. The van der Waals surface area contributed by atoms with Crippen LogP contribution in [0, 0.1) is 5.82 Å². The van der Waals surface area contributed by atoms with Crippen LogP contribution in [0.1, 0.15) is 10.4 Å². The topological polar surface area (TPSA) is 60.0 Å². The van der Waals surface area contributed by atoms with E-state index in [9.17, 15) is 22.4 Å². The van der Waals surface area contributed by atoms with Gasteiger partial charge in [-0.25, -0.2) is 9.18 Å². The van der Waals surface area contributed by atoms with Gasteiger partial charge in [0.15, 0.2) is 6.61 Å². The lowest BCUT2D eigenvalue weighted by atomic mass is 10.1. The summed E-state index contributed by atoms with van der Waals surface area (Å²) >= 11 is 0. The third kappa shape index (κ3) is 6.09. The Morgan fingerprint density at radius 2 is 1.53 bits per heavy atom. The fraction of sp³-hybridized carbons (Fsp3) is 0.208. The van der Waals surface area contributed by atoms with Crippen LogP contribution in [0.25, 0.3) is 0 Å². The van der Waals surface area contributed by atoms with Crippen LogP contribution in [0.3, 0.4) is 0 Å². The molecule has 0 radical (unpaired) electrons. The minimum absolute atomic E-state index is 0.0705. The highest BCUT2D eigenvalue weighted by Crippen LogP contribution is 2.31. The number of alkyl halides is 3. The van der Waals surface area contributed by atoms with Crippen LogP contribution in [0.4, 0.5) is 40.3 Å². The third-order valence-corrected chi connectivity index (χ3v) is 4.87. The van der Waals surface area contributed by atoms with Crippen molar-refractivity contribution in [3.8, 4) is 11.5 Å². The molecule has 0 aromatic heterocycles. The van der Waals surface area contributed by atoms with E-state index in [1.165, 1.54) is 44.6 Å². The first-order valence-corrected chi connectivity index (χ1v) is 9.97. The largest absolute Gasteiger partial charge is 0.497 e. The molecule has 0 amide bonds. The first-order valence-electron chi connectivity index (χ1n) is 9.97. The fourth-order valence-electron chi connectivity index (χ4n) is 3.08. The molecule has 0 unspecified atom stereocenters. The molecule has 0 saturated heterocycles. The standard InChI is InChI=1S/C24H22F4N2O4/c1-30(15-4-7-17(8-5-15)34-14-24(26,27)28)16-6-10-22(20(25)12-16)29-21-11-9-18(32-2)13-19(21)23(31)33-3/h4-13,29H,14H2,1-3H3. The summed E-state index contributed by atoms with van der Waals surface area (Å²) in [4.78, 5) is 13.8. The Bertz CT molecular complexity index is 1150. The van der Waals surface area contributed by atoms with E-state index >= 15 is 0 Å². The van der Waals surface area contributed by atoms with Crippen molar-refractivity contribution in [2.75, 3.05) is 38.1 Å². The average Bonchev–Trinajstić information content (AvgIpc) is 2.83. The maximum absolute atomic E-state index is 14.9. The SMILES string of the molecule is COC(=O)c1cc(OC)ccc1Nc1ccc(N(C)c2ccc(OCC(F)(F)F)cc2)cc1F. The van der Waals surface area contributed by atoms with Gasteiger partial charge in [-0.2, -0.15) is 13.2 Å². The molecule has 3 rings (SSSR count). The van der Waals surface area contributed by atoms with Gasteiger partial charge in [-0.1, -0.05) is 0 Å². The molecule has 0 spiro atoms. The molecule has 180 valence electrons. The van der Waals surface area contributed by atoms with Crippen molar-refractivity contribution in [3.05, 3.63) is 72.0 Å². The van der Waals surface area contributed by atoms with Crippen molar-refractivity contribution < 1.29 is 36.6 Å². The zero-order valence-corrected chi connectivity index (χ0v) is 18.6. The lowest BCUT2D eigenvalue weighted by Gasteiger charge is -2.21. The number of nitrogens with one attached hydrogen (secondary N) is 1. The Labute approximate surface area is 193 Å².